The molecule has 5 nitrogen and oxygen atoms in total. The predicted octanol–water partition coefficient (Wildman–Crippen LogP) is 3.40. The predicted molar refractivity (Wildman–Crippen MR) is 89.2 cm³/mol. The molecule has 1 aromatic heterocycles. The van der Waals surface area contributed by atoms with Crippen LogP contribution < -0.4 is 10.2 Å². The lowest BCUT2D eigenvalue weighted by Crippen LogP contribution is -2.20. The monoisotopic (exact) mass is 361 g/mol. The zero-order chi connectivity index (χ0) is 15.9. The summed E-state index contributed by atoms with van der Waals surface area (Å²) in [4.78, 5) is 16.3. The van der Waals surface area contributed by atoms with Crippen LogP contribution >= 0.6 is 15.9 Å². The number of hydrazone groups is 1. The van der Waals surface area contributed by atoms with Crippen molar-refractivity contribution in [3.8, 4) is 5.75 Å². The zero-order valence-electron chi connectivity index (χ0n) is 12.3. The van der Waals surface area contributed by atoms with E-state index in [-0.39, 0.29) is 12.0 Å². The van der Waals surface area contributed by atoms with E-state index in [1.54, 1.807) is 24.4 Å². The molecular formula is C16H16BrN3O2. The van der Waals surface area contributed by atoms with Crippen LogP contribution in [-0.4, -0.2) is 23.2 Å². The van der Waals surface area contributed by atoms with Gasteiger partial charge in [-0.1, -0.05) is 22.0 Å². The van der Waals surface area contributed by atoms with Crippen LogP contribution in [0.1, 0.15) is 29.9 Å². The van der Waals surface area contributed by atoms with Crippen molar-refractivity contribution in [3.63, 3.8) is 0 Å². The summed E-state index contributed by atoms with van der Waals surface area (Å²) in [6, 6.07) is 10.7. The molecule has 114 valence electrons. The number of nitrogens with one attached hydrogen (secondary N) is 1. The molecule has 2 rings (SSSR count). The standard InChI is InChI=1S/C16H16BrN3O2/c1-11(2)22-15-7-6-12(17)9-14(15)16(21)20-19-10-13-5-3-4-8-18-13/h3-11H,1-2H3,(H,20,21)/b19-10-. The lowest BCUT2D eigenvalue weighted by molar-refractivity contribution is 0.0949. The van der Waals surface area contributed by atoms with Gasteiger partial charge in [0.1, 0.15) is 5.75 Å². The summed E-state index contributed by atoms with van der Waals surface area (Å²) in [6.45, 7) is 3.81. The number of benzene rings is 1. The number of halogens is 1. The molecule has 0 fully saturated rings. The number of pyridine rings is 1. The fourth-order valence-corrected chi connectivity index (χ4v) is 2.07. The number of carbonyl (C=O) groups is 1. The molecule has 0 radical (unpaired) electrons. The van der Waals surface area contributed by atoms with Crippen molar-refractivity contribution in [2.45, 2.75) is 20.0 Å². The number of hydrogen-bond donors (Lipinski definition) is 1. The minimum atomic E-state index is -0.343. The van der Waals surface area contributed by atoms with Crippen LogP contribution in [0.4, 0.5) is 0 Å². The maximum Gasteiger partial charge on any atom is 0.275 e. The topological polar surface area (TPSA) is 63.6 Å². The third-order valence-corrected chi connectivity index (χ3v) is 3.09. The molecule has 0 aliphatic heterocycles. The van der Waals surface area contributed by atoms with E-state index in [2.05, 4.69) is 31.4 Å². The molecule has 0 saturated carbocycles. The van der Waals surface area contributed by atoms with Crippen LogP contribution in [0.3, 0.4) is 0 Å². The second-order valence-corrected chi connectivity index (χ2v) is 5.68. The molecule has 1 N–H and O–H groups in total. The van der Waals surface area contributed by atoms with Crippen molar-refractivity contribution in [2.75, 3.05) is 0 Å². The first-order valence-electron chi connectivity index (χ1n) is 6.77. The highest BCUT2D eigenvalue weighted by molar-refractivity contribution is 9.10. The highest BCUT2D eigenvalue weighted by Gasteiger charge is 2.13. The summed E-state index contributed by atoms with van der Waals surface area (Å²) >= 11 is 3.35. The first-order chi connectivity index (χ1) is 10.6. The summed E-state index contributed by atoms with van der Waals surface area (Å²) < 4.78 is 6.43. The average molecular weight is 362 g/mol. The van der Waals surface area contributed by atoms with Crippen molar-refractivity contribution in [1.82, 2.24) is 10.4 Å². The van der Waals surface area contributed by atoms with E-state index in [0.29, 0.717) is 17.0 Å². The largest absolute Gasteiger partial charge is 0.490 e. The van der Waals surface area contributed by atoms with Gasteiger partial charge in [-0.2, -0.15) is 5.10 Å². The zero-order valence-corrected chi connectivity index (χ0v) is 13.9. The number of carbonyl (C=O) groups excluding carboxylic acids is 1. The maximum atomic E-state index is 12.2. The Labute approximate surface area is 137 Å². The van der Waals surface area contributed by atoms with Crippen LogP contribution in [0.15, 0.2) is 52.2 Å². The highest BCUT2D eigenvalue weighted by atomic mass is 79.9. The molecule has 1 heterocycles. The Bertz CT molecular complexity index is 672. The third-order valence-electron chi connectivity index (χ3n) is 2.60. The van der Waals surface area contributed by atoms with Gasteiger partial charge < -0.3 is 4.74 Å². The number of amides is 1. The van der Waals surface area contributed by atoms with Crippen molar-refractivity contribution in [1.29, 1.82) is 0 Å². The second kappa shape index (κ2) is 7.70. The molecule has 22 heavy (non-hydrogen) atoms. The number of nitrogens with zero attached hydrogens (tertiary/aromatic N) is 2. The fourth-order valence-electron chi connectivity index (χ4n) is 1.71. The summed E-state index contributed by atoms with van der Waals surface area (Å²) in [5, 5.41) is 3.91. The number of rotatable bonds is 5. The van der Waals surface area contributed by atoms with E-state index in [1.807, 2.05) is 32.0 Å². The first-order valence-corrected chi connectivity index (χ1v) is 7.56. The number of aromatic nitrogens is 1. The van der Waals surface area contributed by atoms with Crippen molar-refractivity contribution in [2.24, 2.45) is 5.10 Å². The van der Waals surface area contributed by atoms with Crippen molar-refractivity contribution >= 4 is 28.1 Å². The lowest BCUT2D eigenvalue weighted by Gasteiger charge is -2.13. The molecule has 0 unspecified atom stereocenters. The van der Waals surface area contributed by atoms with Crippen LogP contribution in [-0.2, 0) is 0 Å². The van der Waals surface area contributed by atoms with E-state index in [4.69, 9.17) is 4.74 Å². The molecular weight excluding hydrogens is 346 g/mol. The minimum Gasteiger partial charge on any atom is -0.490 e. The molecule has 0 aliphatic carbocycles. The van der Waals surface area contributed by atoms with Crippen molar-refractivity contribution in [3.05, 3.63) is 58.3 Å². The van der Waals surface area contributed by atoms with Gasteiger partial charge in [0, 0.05) is 10.7 Å². The minimum absolute atomic E-state index is 0.0234. The quantitative estimate of drug-likeness (QED) is 0.655. The summed E-state index contributed by atoms with van der Waals surface area (Å²) in [5.41, 5.74) is 3.56. The Morgan fingerprint density at radius 2 is 2.18 bits per heavy atom. The molecule has 2 aromatic rings. The maximum absolute atomic E-state index is 12.2. The van der Waals surface area contributed by atoms with Gasteiger partial charge in [0.2, 0.25) is 0 Å². The smallest absolute Gasteiger partial charge is 0.275 e. The molecule has 0 aliphatic rings. The van der Waals surface area contributed by atoms with E-state index < -0.39 is 0 Å². The Balaban J connectivity index is 2.12. The van der Waals surface area contributed by atoms with Gasteiger partial charge in [-0.15, -0.1) is 0 Å². The average Bonchev–Trinajstić information content (AvgIpc) is 2.49. The lowest BCUT2D eigenvalue weighted by atomic mass is 10.2. The molecule has 6 heteroatoms. The second-order valence-electron chi connectivity index (χ2n) is 4.76. The van der Waals surface area contributed by atoms with Crippen LogP contribution in [0, 0.1) is 0 Å². The molecule has 1 aromatic carbocycles. The van der Waals surface area contributed by atoms with Crippen LogP contribution in [0.2, 0.25) is 0 Å². The summed E-state index contributed by atoms with van der Waals surface area (Å²) in [7, 11) is 0. The number of ether oxygens (including phenoxy) is 1. The van der Waals surface area contributed by atoms with Crippen LogP contribution in [0.25, 0.3) is 0 Å². The Kier molecular flexibility index (Phi) is 5.66. The molecule has 0 saturated heterocycles. The molecule has 1 amide bonds. The van der Waals surface area contributed by atoms with E-state index in [9.17, 15) is 4.79 Å². The fraction of sp³-hybridized carbons (Fsp3) is 0.188. The van der Waals surface area contributed by atoms with Gasteiger partial charge in [0.05, 0.1) is 23.6 Å². The van der Waals surface area contributed by atoms with Gasteiger partial charge in [0.15, 0.2) is 0 Å². The van der Waals surface area contributed by atoms with Gasteiger partial charge in [0.25, 0.3) is 5.91 Å². The van der Waals surface area contributed by atoms with Gasteiger partial charge in [-0.3, -0.25) is 9.78 Å². The van der Waals surface area contributed by atoms with Gasteiger partial charge in [-0.05, 0) is 44.2 Å². The third kappa shape index (κ3) is 4.66. The summed E-state index contributed by atoms with van der Waals surface area (Å²) in [6.07, 6.45) is 3.12. The number of hydrogen-bond acceptors (Lipinski definition) is 4. The molecule has 0 spiro atoms. The van der Waals surface area contributed by atoms with Gasteiger partial charge in [-0.25, -0.2) is 5.43 Å². The normalized spacial score (nSPS) is 10.9. The molecule has 0 atom stereocenters. The Morgan fingerprint density at radius 1 is 1.36 bits per heavy atom. The van der Waals surface area contributed by atoms with Gasteiger partial charge >= 0.3 is 0 Å². The van der Waals surface area contributed by atoms with Crippen LogP contribution in [0.5, 0.6) is 5.75 Å². The SMILES string of the molecule is CC(C)Oc1ccc(Br)cc1C(=O)N/N=C\c1ccccn1. The Morgan fingerprint density at radius 3 is 2.86 bits per heavy atom. The first kappa shape index (κ1) is 16.2. The van der Waals surface area contributed by atoms with E-state index >= 15 is 0 Å². The van der Waals surface area contributed by atoms with Crippen molar-refractivity contribution < 1.29 is 9.53 Å². The Hall–Kier alpha value is -2.21. The highest BCUT2D eigenvalue weighted by Crippen LogP contribution is 2.24. The summed E-state index contributed by atoms with van der Waals surface area (Å²) in [5.74, 6) is 0.174. The van der Waals surface area contributed by atoms with E-state index in [0.717, 1.165) is 4.47 Å². The van der Waals surface area contributed by atoms with E-state index in [1.165, 1.54) is 6.21 Å². The molecule has 0 bridgehead atoms.